The summed E-state index contributed by atoms with van der Waals surface area (Å²) < 4.78 is 36.3. The average Bonchev–Trinajstić information content (AvgIpc) is 2.79. The molecule has 0 atom stereocenters. The maximum absolute atomic E-state index is 8.52. The molecule has 0 unspecified atom stereocenters. The second-order valence-electron chi connectivity index (χ2n) is 13.5. The molecule has 0 amide bonds. The molecule has 0 aliphatic rings. The van der Waals surface area contributed by atoms with Crippen LogP contribution >= 0.6 is 0 Å². The number of hydrogen-bond donors (Lipinski definition) is 0. The van der Waals surface area contributed by atoms with Crippen molar-refractivity contribution in [2.75, 3.05) is 55.4 Å². The van der Waals surface area contributed by atoms with E-state index >= 15 is 0 Å². The lowest BCUT2D eigenvalue weighted by molar-refractivity contribution is -0.870. The van der Waals surface area contributed by atoms with Gasteiger partial charge in [-0.25, -0.2) is 0 Å². The standard InChI is InChI=1S/2C16H36N.H2O4S/c2*1-5-6-7-8-9-10-11-12-13-14-15-16-17(2,3)4;1-5(2,3)4/h2*5-16H2,1-4H3;(H2,1,2,3,4)/q2*+1;/p-2. The molecule has 0 rings (SSSR count). The van der Waals surface area contributed by atoms with Crippen molar-refractivity contribution >= 4 is 10.4 Å². The lowest BCUT2D eigenvalue weighted by Gasteiger charge is -2.23. The first-order valence-corrected chi connectivity index (χ1v) is 17.7. The first-order valence-electron chi connectivity index (χ1n) is 16.4. The zero-order valence-electron chi connectivity index (χ0n) is 27.9. The van der Waals surface area contributed by atoms with Crippen molar-refractivity contribution in [3.63, 3.8) is 0 Å². The molecule has 240 valence electrons. The molecule has 0 aromatic carbocycles. The Hall–Kier alpha value is -0.210. The molecule has 7 heteroatoms. The monoisotopic (exact) mass is 581 g/mol. The Morgan fingerprint density at radius 1 is 0.385 bits per heavy atom. The van der Waals surface area contributed by atoms with Crippen molar-refractivity contribution < 1.29 is 26.5 Å². The summed E-state index contributed by atoms with van der Waals surface area (Å²) >= 11 is 0. The fourth-order valence-electron chi connectivity index (χ4n) is 4.50. The molecule has 39 heavy (non-hydrogen) atoms. The van der Waals surface area contributed by atoms with Gasteiger partial charge in [0.1, 0.15) is 0 Å². The Morgan fingerprint density at radius 3 is 0.692 bits per heavy atom. The molecule has 0 fully saturated rings. The number of nitrogens with zero attached hydrogens (tertiary/aromatic N) is 2. The Balaban J connectivity index is -0.000000566. The fraction of sp³-hybridized carbons (Fsp3) is 1.00. The summed E-state index contributed by atoms with van der Waals surface area (Å²) in [6, 6.07) is 0. The van der Waals surface area contributed by atoms with Crippen molar-refractivity contribution in [2.24, 2.45) is 0 Å². The maximum atomic E-state index is 8.52. The average molecular weight is 581 g/mol. The third-order valence-corrected chi connectivity index (χ3v) is 6.86. The zero-order valence-corrected chi connectivity index (χ0v) is 28.7. The van der Waals surface area contributed by atoms with Gasteiger partial charge in [-0.3, -0.25) is 8.42 Å². The van der Waals surface area contributed by atoms with Crippen LogP contribution in [0.1, 0.15) is 155 Å². The fourth-order valence-corrected chi connectivity index (χ4v) is 4.50. The summed E-state index contributed by atoms with van der Waals surface area (Å²) in [6.07, 6.45) is 31.8. The normalized spacial score (nSPS) is 11.9. The molecule has 0 radical (unpaired) electrons. The predicted octanol–water partition coefficient (Wildman–Crippen LogP) is 8.67. The van der Waals surface area contributed by atoms with E-state index < -0.39 is 10.4 Å². The van der Waals surface area contributed by atoms with Gasteiger partial charge in [0.25, 0.3) is 0 Å². The van der Waals surface area contributed by atoms with E-state index in [-0.39, 0.29) is 0 Å². The summed E-state index contributed by atoms with van der Waals surface area (Å²) in [5.74, 6) is 0. The minimum absolute atomic E-state index is 1.12. The molecule has 0 bridgehead atoms. The molecule has 0 N–H and O–H groups in total. The van der Waals surface area contributed by atoms with Crippen molar-refractivity contribution in [1.29, 1.82) is 0 Å². The van der Waals surface area contributed by atoms with Gasteiger partial charge in [-0.2, -0.15) is 0 Å². The lowest BCUT2D eigenvalue weighted by atomic mass is 10.1. The third kappa shape index (κ3) is 62.7. The predicted molar refractivity (Wildman–Crippen MR) is 169 cm³/mol. The number of quaternary nitrogens is 2. The Labute approximate surface area is 247 Å². The van der Waals surface area contributed by atoms with E-state index in [1.807, 2.05) is 0 Å². The Bertz CT molecular complexity index is 526. The van der Waals surface area contributed by atoms with Crippen LogP contribution in [-0.2, 0) is 10.4 Å². The van der Waals surface area contributed by atoms with Gasteiger partial charge in [-0.1, -0.05) is 129 Å². The van der Waals surface area contributed by atoms with Gasteiger partial charge in [0, 0.05) is 10.4 Å². The molecular formula is C32H72N2O4S. The first kappa shape index (κ1) is 43.2. The Kier molecular flexibility index (Phi) is 32.5. The first-order chi connectivity index (χ1) is 18.1. The number of unbranched alkanes of at least 4 members (excludes halogenated alkanes) is 20. The van der Waals surface area contributed by atoms with E-state index in [1.54, 1.807) is 0 Å². The van der Waals surface area contributed by atoms with Crippen LogP contribution < -0.4 is 0 Å². The minimum Gasteiger partial charge on any atom is -0.759 e. The van der Waals surface area contributed by atoms with E-state index in [2.05, 4.69) is 56.1 Å². The number of rotatable bonds is 24. The van der Waals surface area contributed by atoms with Gasteiger partial charge in [0.15, 0.2) is 0 Å². The van der Waals surface area contributed by atoms with Gasteiger partial charge in [-0.05, 0) is 25.7 Å². The van der Waals surface area contributed by atoms with Crippen LogP contribution in [0.3, 0.4) is 0 Å². The summed E-state index contributed by atoms with van der Waals surface area (Å²) in [7, 11) is 8.56. The van der Waals surface area contributed by atoms with E-state index in [1.165, 1.54) is 154 Å². The quantitative estimate of drug-likeness (QED) is 0.0495. The van der Waals surface area contributed by atoms with Crippen LogP contribution in [0.4, 0.5) is 0 Å². The van der Waals surface area contributed by atoms with Crippen LogP contribution in [0.15, 0.2) is 0 Å². The van der Waals surface area contributed by atoms with Crippen LogP contribution in [0.25, 0.3) is 0 Å². The lowest BCUT2D eigenvalue weighted by Crippen LogP contribution is -2.35. The molecule has 6 nitrogen and oxygen atoms in total. The molecular weight excluding hydrogens is 508 g/mol. The molecule has 0 aromatic heterocycles. The summed E-state index contributed by atoms with van der Waals surface area (Å²) in [6.45, 7) is 7.24. The van der Waals surface area contributed by atoms with E-state index in [0.717, 1.165) is 8.97 Å². The second kappa shape index (κ2) is 29.3. The van der Waals surface area contributed by atoms with Gasteiger partial charge in [0.2, 0.25) is 0 Å². The van der Waals surface area contributed by atoms with E-state index in [0.29, 0.717) is 0 Å². The van der Waals surface area contributed by atoms with Crippen molar-refractivity contribution in [2.45, 2.75) is 155 Å². The van der Waals surface area contributed by atoms with Gasteiger partial charge >= 0.3 is 0 Å². The van der Waals surface area contributed by atoms with Crippen LogP contribution in [-0.4, -0.2) is 81.9 Å². The third-order valence-electron chi connectivity index (χ3n) is 6.86. The SMILES string of the molecule is CCCCCCCCCCCCC[N+](C)(C)C.CCCCCCCCCCCCC[N+](C)(C)C.O=S(=O)([O-])[O-]. The van der Waals surface area contributed by atoms with Crippen LogP contribution in [0.2, 0.25) is 0 Å². The second-order valence-corrected chi connectivity index (χ2v) is 14.3. The smallest absolute Gasteiger partial charge is 0.0780 e. The van der Waals surface area contributed by atoms with E-state index in [9.17, 15) is 0 Å². The molecule has 0 aromatic rings. The molecule has 0 spiro atoms. The van der Waals surface area contributed by atoms with Crippen LogP contribution in [0.5, 0.6) is 0 Å². The van der Waals surface area contributed by atoms with Gasteiger partial charge in [0.05, 0.1) is 55.4 Å². The summed E-state index contributed by atoms with van der Waals surface area (Å²) in [5, 5.41) is 0. The zero-order chi connectivity index (χ0) is 30.5. The summed E-state index contributed by atoms with van der Waals surface area (Å²) in [5.41, 5.74) is 0. The van der Waals surface area contributed by atoms with Crippen molar-refractivity contribution in [3.05, 3.63) is 0 Å². The van der Waals surface area contributed by atoms with Crippen LogP contribution in [0, 0.1) is 0 Å². The molecule has 0 saturated carbocycles. The highest BCUT2D eigenvalue weighted by molar-refractivity contribution is 7.79. The number of hydrogen-bond acceptors (Lipinski definition) is 4. The van der Waals surface area contributed by atoms with E-state index in [4.69, 9.17) is 17.5 Å². The summed E-state index contributed by atoms with van der Waals surface area (Å²) in [4.78, 5) is 0. The topological polar surface area (TPSA) is 80.3 Å². The van der Waals surface area contributed by atoms with Crippen molar-refractivity contribution in [1.82, 2.24) is 0 Å². The Morgan fingerprint density at radius 2 is 0.538 bits per heavy atom. The highest BCUT2D eigenvalue weighted by atomic mass is 32.3. The van der Waals surface area contributed by atoms with Gasteiger partial charge < -0.3 is 18.1 Å². The molecule has 0 aliphatic carbocycles. The molecule has 0 aliphatic heterocycles. The molecule has 0 saturated heterocycles. The highest BCUT2D eigenvalue weighted by Crippen LogP contribution is 2.13. The van der Waals surface area contributed by atoms with Crippen molar-refractivity contribution in [3.8, 4) is 0 Å². The minimum atomic E-state index is -5.17. The largest absolute Gasteiger partial charge is 0.759 e. The van der Waals surface area contributed by atoms with Gasteiger partial charge in [-0.15, -0.1) is 0 Å². The highest BCUT2D eigenvalue weighted by Gasteiger charge is 2.05. The maximum Gasteiger partial charge on any atom is 0.0780 e. The molecule has 0 heterocycles.